The Morgan fingerprint density at radius 2 is 1.71 bits per heavy atom. The van der Waals surface area contributed by atoms with Crippen LogP contribution in [0.2, 0.25) is 0 Å². The number of aliphatic carboxylic acids is 1. The van der Waals surface area contributed by atoms with E-state index in [1.807, 2.05) is 13.1 Å². The molecule has 2 aliphatic heterocycles. The Hall–Kier alpha value is -2.23. The number of benzene rings is 2. The van der Waals surface area contributed by atoms with E-state index in [0.717, 1.165) is 57.4 Å². The van der Waals surface area contributed by atoms with Gasteiger partial charge in [-0.1, -0.05) is 37.1 Å². The molecule has 3 fully saturated rings. The summed E-state index contributed by atoms with van der Waals surface area (Å²) in [5, 5.41) is 9.41. The first kappa shape index (κ1) is 31.7. The fourth-order valence-corrected chi connectivity index (χ4v) is 6.56. The van der Waals surface area contributed by atoms with Gasteiger partial charge in [0, 0.05) is 41.3 Å². The Bertz CT molecular complexity index is 1170. The van der Waals surface area contributed by atoms with E-state index >= 15 is 0 Å². The highest BCUT2D eigenvalue weighted by atomic mass is 32.2. The Labute approximate surface area is 244 Å². The van der Waals surface area contributed by atoms with E-state index in [2.05, 4.69) is 9.80 Å². The van der Waals surface area contributed by atoms with Crippen molar-refractivity contribution in [3.63, 3.8) is 0 Å². The number of likely N-dealkylation sites (tertiary alicyclic amines) is 2. The van der Waals surface area contributed by atoms with E-state index < -0.39 is 22.7 Å². The molecule has 2 saturated heterocycles. The van der Waals surface area contributed by atoms with Crippen molar-refractivity contribution in [2.75, 3.05) is 39.5 Å². The number of piperidine rings is 1. The molecule has 0 bridgehead atoms. The second-order valence-electron chi connectivity index (χ2n) is 12.2. The van der Waals surface area contributed by atoms with Crippen molar-refractivity contribution in [1.82, 2.24) is 9.80 Å². The fraction of sp³-hybridized carbons (Fsp3) is 0.594. The average molecular weight is 593 g/mol. The van der Waals surface area contributed by atoms with Crippen LogP contribution >= 0.6 is 0 Å². The van der Waals surface area contributed by atoms with Crippen LogP contribution in [0.1, 0.15) is 62.0 Å². The molecule has 1 N–H and O–H groups in total. The van der Waals surface area contributed by atoms with E-state index in [1.54, 1.807) is 42.7 Å². The summed E-state index contributed by atoms with van der Waals surface area (Å²) in [4.78, 5) is 16.4. The van der Waals surface area contributed by atoms with Gasteiger partial charge in [-0.15, -0.1) is 0 Å². The molecular formula is C32H43F3N2O3S. The van der Waals surface area contributed by atoms with Crippen LogP contribution in [-0.4, -0.2) is 76.5 Å². The van der Waals surface area contributed by atoms with Gasteiger partial charge in [0.05, 0.1) is 0 Å². The summed E-state index contributed by atoms with van der Waals surface area (Å²) in [5.41, 5.74) is 1.60. The minimum atomic E-state index is -2.66. The summed E-state index contributed by atoms with van der Waals surface area (Å²) in [7, 11) is 0.974. The van der Waals surface area contributed by atoms with E-state index in [1.165, 1.54) is 18.9 Å². The largest absolute Gasteiger partial charge is 0.480 e. The third-order valence-electron chi connectivity index (χ3n) is 8.66. The molecule has 226 valence electrons. The van der Waals surface area contributed by atoms with Crippen LogP contribution in [0.5, 0.6) is 0 Å². The van der Waals surface area contributed by atoms with Gasteiger partial charge in [0.1, 0.15) is 11.9 Å². The Morgan fingerprint density at radius 1 is 1.02 bits per heavy atom. The molecule has 0 amide bonds. The highest BCUT2D eigenvalue weighted by molar-refractivity contribution is 7.84. The zero-order chi connectivity index (χ0) is 29.6. The third-order valence-corrected chi connectivity index (χ3v) is 9.60. The molecule has 3 aliphatic rings. The lowest BCUT2D eigenvalue weighted by atomic mass is 9.89. The molecule has 1 saturated carbocycles. The molecule has 2 aromatic rings. The van der Waals surface area contributed by atoms with Crippen molar-refractivity contribution in [3.8, 4) is 0 Å². The number of hydrogen-bond donors (Lipinski definition) is 1. The van der Waals surface area contributed by atoms with Gasteiger partial charge in [0.2, 0.25) is 0 Å². The first-order chi connectivity index (χ1) is 19.5. The van der Waals surface area contributed by atoms with Gasteiger partial charge < -0.3 is 10.0 Å². The first-order valence-electron chi connectivity index (χ1n) is 14.7. The van der Waals surface area contributed by atoms with Gasteiger partial charge in [-0.25, -0.2) is 13.2 Å². The zero-order valence-corrected chi connectivity index (χ0v) is 24.9. The number of alkyl halides is 2. The lowest BCUT2D eigenvalue weighted by molar-refractivity contribution is -0.143. The van der Waals surface area contributed by atoms with E-state index in [9.17, 15) is 27.3 Å². The summed E-state index contributed by atoms with van der Waals surface area (Å²) < 4.78 is 52.9. The second-order valence-corrected chi connectivity index (χ2v) is 13.5. The fourth-order valence-electron chi connectivity index (χ4n) is 6.04. The zero-order valence-electron chi connectivity index (χ0n) is 24.1. The Kier molecular flexibility index (Phi) is 11.1. The number of rotatable bonds is 10. The van der Waals surface area contributed by atoms with Gasteiger partial charge in [-0.2, -0.15) is 0 Å². The molecule has 2 aromatic carbocycles. The first-order valence-corrected chi connectivity index (χ1v) is 16.3. The highest BCUT2D eigenvalue weighted by Crippen LogP contribution is 2.37. The van der Waals surface area contributed by atoms with Gasteiger partial charge in [0.15, 0.2) is 0 Å². The van der Waals surface area contributed by atoms with Crippen molar-refractivity contribution in [3.05, 3.63) is 65.5 Å². The van der Waals surface area contributed by atoms with Crippen LogP contribution in [-0.2, 0) is 22.0 Å². The minimum absolute atomic E-state index is 0.0255. The normalized spacial score (nSPS) is 22.1. The molecule has 0 radical (unpaired) electrons. The molecular weight excluding hydrogens is 549 g/mol. The maximum Gasteiger partial charge on any atom is 0.320 e. The summed E-state index contributed by atoms with van der Waals surface area (Å²) in [6, 6.07) is 13.0. The van der Waals surface area contributed by atoms with Crippen LogP contribution in [0.4, 0.5) is 13.2 Å². The SMILES string of the molecule is CN1CCC(CC(F)(F)Cc2ccc(S(C)=O)cc2)CC1.O=C(O)C(CC1CC1)N1CCC(c2cccc(F)c2)C1. The molecule has 1 aliphatic carbocycles. The third kappa shape index (κ3) is 9.93. The number of halogens is 3. The van der Waals surface area contributed by atoms with E-state index in [-0.39, 0.29) is 36.5 Å². The van der Waals surface area contributed by atoms with Crippen LogP contribution in [0.3, 0.4) is 0 Å². The maximum absolute atomic E-state index is 14.2. The standard InChI is InChI=1S/C16H23F2NOS.C16H20FNO2/c1-19-9-7-14(8-10-19)12-16(17,18)11-13-3-5-15(6-4-13)21(2)20;17-14-3-1-2-12(9-14)13-6-7-18(10-13)15(16(19)20)8-11-4-5-11/h3-6,14H,7-12H2,1-2H3;1-3,9,11,13,15H,4-8,10H2,(H,19,20). The molecule has 0 aromatic heterocycles. The van der Waals surface area contributed by atoms with Gasteiger partial charge >= 0.3 is 5.97 Å². The van der Waals surface area contributed by atoms with Crippen molar-refractivity contribution in [1.29, 1.82) is 0 Å². The number of carbonyl (C=O) groups is 1. The number of nitrogens with zero attached hydrogens (tertiary/aromatic N) is 2. The van der Waals surface area contributed by atoms with Gasteiger partial charge in [-0.3, -0.25) is 13.9 Å². The molecule has 41 heavy (non-hydrogen) atoms. The predicted octanol–water partition coefficient (Wildman–Crippen LogP) is 6.20. The van der Waals surface area contributed by atoms with Crippen LogP contribution in [0.25, 0.3) is 0 Å². The van der Waals surface area contributed by atoms with Crippen LogP contribution in [0, 0.1) is 17.7 Å². The predicted molar refractivity (Wildman–Crippen MR) is 156 cm³/mol. The van der Waals surface area contributed by atoms with Gasteiger partial charge in [-0.05, 0) is 106 Å². The van der Waals surface area contributed by atoms with Crippen molar-refractivity contribution in [2.45, 2.75) is 74.1 Å². The lowest BCUT2D eigenvalue weighted by Crippen LogP contribution is -2.40. The van der Waals surface area contributed by atoms with Crippen molar-refractivity contribution < 1.29 is 27.3 Å². The van der Waals surface area contributed by atoms with Crippen LogP contribution < -0.4 is 0 Å². The molecule has 9 heteroatoms. The molecule has 5 rings (SSSR count). The Morgan fingerprint density at radius 3 is 2.29 bits per heavy atom. The van der Waals surface area contributed by atoms with Gasteiger partial charge in [0.25, 0.3) is 5.92 Å². The smallest absolute Gasteiger partial charge is 0.320 e. The average Bonchev–Trinajstić information content (AvgIpc) is 3.62. The minimum Gasteiger partial charge on any atom is -0.480 e. The number of carboxylic acid groups (broad SMARTS) is 1. The Balaban J connectivity index is 0.000000189. The lowest BCUT2D eigenvalue weighted by Gasteiger charge is -2.31. The number of hydrogen-bond acceptors (Lipinski definition) is 4. The van der Waals surface area contributed by atoms with Crippen LogP contribution in [0.15, 0.2) is 53.4 Å². The molecule has 0 spiro atoms. The highest BCUT2D eigenvalue weighted by Gasteiger charge is 2.37. The summed E-state index contributed by atoms with van der Waals surface area (Å²) in [6.07, 6.45) is 7.08. The van der Waals surface area contributed by atoms with E-state index in [4.69, 9.17) is 0 Å². The second kappa shape index (κ2) is 14.3. The maximum atomic E-state index is 14.2. The summed E-state index contributed by atoms with van der Waals surface area (Å²) >= 11 is 0. The molecule has 2 heterocycles. The summed E-state index contributed by atoms with van der Waals surface area (Å²) in [6.45, 7) is 3.35. The monoisotopic (exact) mass is 592 g/mol. The van der Waals surface area contributed by atoms with Crippen molar-refractivity contribution in [2.24, 2.45) is 11.8 Å². The van der Waals surface area contributed by atoms with Crippen molar-refractivity contribution >= 4 is 16.8 Å². The topological polar surface area (TPSA) is 60.9 Å². The molecule has 3 atom stereocenters. The molecule has 3 unspecified atom stereocenters. The summed E-state index contributed by atoms with van der Waals surface area (Å²) in [5.74, 6) is -2.60. The molecule has 5 nitrogen and oxygen atoms in total. The quantitative estimate of drug-likeness (QED) is 0.356. The van der Waals surface area contributed by atoms with E-state index in [0.29, 0.717) is 16.4 Å². The number of carboxylic acids is 1.